The molecule has 4 nitrogen and oxygen atoms in total. The largest absolute Gasteiger partial charge is 0.311 e. The number of pyridine rings is 1. The van der Waals surface area contributed by atoms with Gasteiger partial charge >= 0.3 is 0 Å². The standard InChI is InChI=1S/C18H19Cl2N3O/c1-22(10-7-13-4-2-3-9-21-13)17-8-11-23(18(17)24)14-5-6-15(19)16(20)12-14/h2-6,9,12,17H,7-8,10-11H2,1H3. The molecule has 0 aliphatic carbocycles. The molecule has 0 N–H and O–H groups in total. The maximum Gasteiger partial charge on any atom is 0.244 e. The summed E-state index contributed by atoms with van der Waals surface area (Å²) in [6, 6.07) is 11.1. The second-order valence-electron chi connectivity index (χ2n) is 5.94. The van der Waals surface area contributed by atoms with E-state index < -0.39 is 0 Å². The molecule has 2 aromatic rings. The fourth-order valence-corrected chi connectivity index (χ4v) is 3.27. The van der Waals surface area contributed by atoms with E-state index in [4.69, 9.17) is 23.2 Å². The number of likely N-dealkylation sites (N-methyl/N-ethyl adjacent to an activating group) is 1. The van der Waals surface area contributed by atoms with E-state index in [1.54, 1.807) is 23.2 Å². The molecular weight excluding hydrogens is 345 g/mol. The highest BCUT2D eigenvalue weighted by Gasteiger charge is 2.35. The van der Waals surface area contributed by atoms with Crippen molar-refractivity contribution in [2.75, 3.05) is 25.0 Å². The Balaban J connectivity index is 1.63. The number of nitrogens with zero attached hydrogens (tertiary/aromatic N) is 3. The minimum Gasteiger partial charge on any atom is -0.311 e. The van der Waals surface area contributed by atoms with Crippen LogP contribution in [0.3, 0.4) is 0 Å². The Labute approximate surface area is 152 Å². The molecule has 24 heavy (non-hydrogen) atoms. The van der Waals surface area contributed by atoms with Gasteiger partial charge in [-0.05, 0) is 43.8 Å². The normalized spacial score (nSPS) is 17.8. The molecule has 6 heteroatoms. The van der Waals surface area contributed by atoms with Gasteiger partial charge in [0.1, 0.15) is 0 Å². The second-order valence-corrected chi connectivity index (χ2v) is 6.76. The first-order valence-electron chi connectivity index (χ1n) is 7.93. The molecule has 1 atom stereocenters. The molecule has 0 spiro atoms. The molecule has 1 aliphatic rings. The monoisotopic (exact) mass is 363 g/mol. The Kier molecular flexibility index (Phi) is 5.39. The van der Waals surface area contributed by atoms with Gasteiger partial charge in [0.15, 0.2) is 0 Å². The highest BCUT2D eigenvalue weighted by Crippen LogP contribution is 2.30. The summed E-state index contributed by atoms with van der Waals surface area (Å²) in [5.74, 6) is 0.108. The topological polar surface area (TPSA) is 36.4 Å². The van der Waals surface area contributed by atoms with E-state index in [9.17, 15) is 4.79 Å². The molecule has 3 rings (SSSR count). The van der Waals surface area contributed by atoms with Crippen LogP contribution in [0.15, 0.2) is 42.6 Å². The van der Waals surface area contributed by atoms with Gasteiger partial charge in [0.2, 0.25) is 5.91 Å². The average Bonchev–Trinajstić information content (AvgIpc) is 2.98. The zero-order valence-corrected chi connectivity index (χ0v) is 15.0. The van der Waals surface area contributed by atoms with Crippen molar-refractivity contribution in [2.45, 2.75) is 18.9 Å². The second kappa shape index (κ2) is 7.51. The van der Waals surface area contributed by atoms with Crippen molar-refractivity contribution < 1.29 is 4.79 Å². The molecule has 0 saturated carbocycles. The van der Waals surface area contributed by atoms with Crippen LogP contribution < -0.4 is 4.90 Å². The van der Waals surface area contributed by atoms with Gasteiger partial charge in [-0.3, -0.25) is 14.7 Å². The summed E-state index contributed by atoms with van der Waals surface area (Å²) >= 11 is 12.0. The summed E-state index contributed by atoms with van der Waals surface area (Å²) in [6.45, 7) is 1.48. The number of halogens is 2. The van der Waals surface area contributed by atoms with E-state index >= 15 is 0 Å². The summed E-state index contributed by atoms with van der Waals surface area (Å²) in [7, 11) is 1.99. The molecule has 1 aromatic heterocycles. The minimum atomic E-state index is -0.108. The van der Waals surface area contributed by atoms with Crippen LogP contribution in [0.5, 0.6) is 0 Å². The lowest BCUT2D eigenvalue weighted by Gasteiger charge is -2.23. The van der Waals surface area contributed by atoms with Crippen molar-refractivity contribution in [3.8, 4) is 0 Å². The van der Waals surface area contributed by atoms with Crippen molar-refractivity contribution in [1.29, 1.82) is 0 Å². The van der Waals surface area contributed by atoms with Crippen molar-refractivity contribution in [3.05, 3.63) is 58.3 Å². The number of benzene rings is 1. The van der Waals surface area contributed by atoms with Gasteiger partial charge in [-0.15, -0.1) is 0 Å². The minimum absolute atomic E-state index is 0.108. The molecule has 1 aliphatic heterocycles. The van der Waals surface area contributed by atoms with Gasteiger partial charge in [0.05, 0.1) is 16.1 Å². The summed E-state index contributed by atoms with van der Waals surface area (Å²) in [6.07, 6.45) is 3.42. The number of hydrogen-bond donors (Lipinski definition) is 0. The highest BCUT2D eigenvalue weighted by atomic mass is 35.5. The predicted octanol–water partition coefficient (Wildman–Crippen LogP) is 3.67. The molecule has 1 aromatic carbocycles. The Hall–Kier alpha value is -1.62. The smallest absolute Gasteiger partial charge is 0.244 e. The molecule has 0 bridgehead atoms. The van der Waals surface area contributed by atoms with Crippen LogP contribution in [-0.4, -0.2) is 42.0 Å². The molecule has 0 radical (unpaired) electrons. The number of rotatable bonds is 5. The number of anilines is 1. The summed E-state index contributed by atoms with van der Waals surface area (Å²) in [5, 5.41) is 0.963. The van der Waals surface area contributed by atoms with Gasteiger partial charge in [0, 0.05) is 37.1 Å². The van der Waals surface area contributed by atoms with Crippen LogP contribution in [-0.2, 0) is 11.2 Å². The lowest BCUT2D eigenvalue weighted by Crippen LogP contribution is -2.40. The molecule has 1 amide bonds. The third-order valence-electron chi connectivity index (χ3n) is 4.37. The van der Waals surface area contributed by atoms with E-state index in [0.29, 0.717) is 16.6 Å². The number of aromatic nitrogens is 1. The highest BCUT2D eigenvalue weighted by molar-refractivity contribution is 6.42. The predicted molar refractivity (Wildman–Crippen MR) is 97.8 cm³/mol. The molecular formula is C18H19Cl2N3O. The van der Waals surface area contributed by atoms with E-state index in [0.717, 1.165) is 30.8 Å². The van der Waals surface area contributed by atoms with E-state index in [1.165, 1.54) is 0 Å². The van der Waals surface area contributed by atoms with Crippen LogP contribution in [0.2, 0.25) is 10.0 Å². The molecule has 2 heterocycles. The molecule has 1 unspecified atom stereocenters. The fraction of sp³-hybridized carbons (Fsp3) is 0.333. The van der Waals surface area contributed by atoms with Gasteiger partial charge in [0.25, 0.3) is 0 Å². The molecule has 1 fully saturated rings. The Morgan fingerprint density at radius 2 is 2.08 bits per heavy atom. The van der Waals surface area contributed by atoms with E-state index in [1.807, 2.05) is 31.3 Å². The molecule has 126 valence electrons. The number of hydrogen-bond acceptors (Lipinski definition) is 3. The quantitative estimate of drug-likeness (QED) is 0.812. The lowest BCUT2D eigenvalue weighted by atomic mass is 10.2. The Morgan fingerprint density at radius 1 is 1.25 bits per heavy atom. The van der Waals surface area contributed by atoms with Crippen LogP contribution in [0.25, 0.3) is 0 Å². The lowest BCUT2D eigenvalue weighted by molar-refractivity contribution is -0.121. The SMILES string of the molecule is CN(CCc1ccccn1)C1CCN(c2ccc(Cl)c(Cl)c2)C1=O. The van der Waals surface area contributed by atoms with Crippen molar-refractivity contribution >= 4 is 34.8 Å². The zero-order chi connectivity index (χ0) is 17.1. The van der Waals surface area contributed by atoms with Gasteiger partial charge in [-0.25, -0.2) is 0 Å². The van der Waals surface area contributed by atoms with Crippen molar-refractivity contribution in [2.24, 2.45) is 0 Å². The van der Waals surface area contributed by atoms with Crippen molar-refractivity contribution in [1.82, 2.24) is 9.88 Å². The first-order valence-corrected chi connectivity index (χ1v) is 8.68. The van der Waals surface area contributed by atoms with Gasteiger partial charge in [-0.1, -0.05) is 29.3 Å². The van der Waals surface area contributed by atoms with Gasteiger partial charge < -0.3 is 4.90 Å². The van der Waals surface area contributed by atoms with Crippen LogP contribution >= 0.6 is 23.2 Å². The van der Waals surface area contributed by atoms with Gasteiger partial charge in [-0.2, -0.15) is 0 Å². The third-order valence-corrected chi connectivity index (χ3v) is 5.11. The first-order chi connectivity index (χ1) is 11.6. The summed E-state index contributed by atoms with van der Waals surface area (Å²) in [4.78, 5) is 21.0. The number of carbonyl (C=O) groups is 1. The molecule has 1 saturated heterocycles. The fourth-order valence-electron chi connectivity index (χ4n) is 2.98. The maximum absolute atomic E-state index is 12.7. The number of carbonyl (C=O) groups excluding carboxylic acids is 1. The number of amides is 1. The summed E-state index contributed by atoms with van der Waals surface area (Å²) in [5.41, 5.74) is 1.84. The average molecular weight is 364 g/mol. The first kappa shape index (κ1) is 17.2. The zero-order valence-electron chi connectivity index (χ0n) is 13.5. The van der Waals surface area contributed by atoms with E-state index in [-0.39, 0.29) is 11.9 Å². The van der Waals surface area contributed by atoms with Crippen molar-refractivity contribution in [3.63, 3.8) is 0 Å². The van der Waals surface area contributed by atoms with Crippen LogP contribution in [0.1, 0.15) is 12.1 Å². The van der Waals surface area contributed by atoms with Crippen LogP contribution in [0.4, 0.5) is 5.69 Å². The maximum atomic E-state index is 12.7. The Morgan fingerprint density at radius 3 is 2.79 bits per heavy atom. The Bertz CT molecular complexity index is 723. The van der Waals surface area contributed by atoms with E-state index in [2.05, 4.69) is 9.88 Å². The third kappa shape index (κ3) is 3.72. The van der Waals surface area contributed by atoms with Crippen LogP contribution in [0, 0.1) is 0 Å². The summed E-state index contributed by atoms with van der Waals surface area (Å²) < 4.78 is 0.